The average molecular weight is 202 g/mol. The van der Waals surface area contributed by atoms with Crippen molar-refractivity contribution in [1.82, 2.24) is 9.55 Å². The summed E-state index contributed by atoms with van der Waals surface area (Å²) in [5, 5.41) is 1.10. The van der Waals surface area contributed by atoms with Gasteiger partial charge in [-0.2, -0.15) is 0 Å². The predicted octanol–water partition coefficient (Wildman–Crippen LogP) is 1.41. The Balaban J connectivity index is 2.28. The molecule has 15 heavy (non-hydrogen) atoms. The largest absolute Gasteiger partial charge is 0.397 e. The zero-order chi connectivity index (χ0) is 10.4. The van der Waals surface area contributed by atoms with Gasteiger partial charge in [0, 0.05) is 24.2 Å². The third-order valence-corrected chi connectivity index (χ3v) is 2.93. The summed E-state index contributed by atoms with van der Waals surface area (Å²) in [6, 6.07) is 2.59. The molecule has 1 aliphatic carbocycles. The van der Waals surface area contributed by atoms with Crippen LogP contribution >= 0.6 is 0 Å². The van der Waals surface area contributed by atoms with E-state index >= 15 is 0 Å². The van der Waals surface area contributed by atoms with Gasteiger partial charge in [-0.3, -0.25) is 0 Å². The molecule has 0 aromatic carbocycles. The number of hydrogen-bond donors (Lipinski definition) is 2. The molecule has 0 saturated heterocycles. The second-order valence-electron chi connectivity index (χ2n) is 4.14. The summed E-state index contributed by atoms with van der Waals surface area (Å²) >= 11 is 0. The van der Waals surface area contributed by atoms with Crippen molar-refractivity contribution in [2.24, 2.45) is 5.73 Å². The molecule has 2 aromatic heterocycles. The summed E-state index contributed by atoms with van der Waals surface area (Å²) in [6.07, 6.45) is 6.33. The number of nitrogens with zero attached hydrogens (tertiary/aromatic N) is 2. The molecule has 0 radical (unpaired) electrons. The molecule has 0 aliphatic heterocycles. The van der Waals surface area contributed by atoms with Crippen molar-refractivity contribution in [3.63, 3.8) is 0 Å². The fourth-order valence-corrected chi connectivity index (χ4v) is 2.01. The Bertz CT molecular complexity index is 511. The lowest BCUT2D eigenvalue weighted by Crippen LogP contribution is -1.95. The van der Waals surface area contributed by atoms with E-state index in [1.54, 1.807) is 6.20 Å². The maximum absolute atomic E-state index is 5.74. The van der Waals surface area contributed by atoms with E-state index in [4.69, 9.17) is 11.5 Å². The van der Waals surface area contributed by atoms with E-state index < -0.39 is 0 Å². The van der Waals surface area contributed by atoms with Crippen LogP contribution in [0.2, 0.25) is 0 Å². The first kappa shape index (κ1) is 8.73. The molecular weight excluding hydrogens is 188 g/mol. The summed E-state index contributed by atoms with van der Waals surface area (Å²) in [7, 11) is 0. The summed E-state index contributed by atoms with van der Waals surface area (Å²) in [6.45, 7) is 0.543. The number of anilines is 1. The van der Waals surface area contributed by atoms with Gasteiger partial charge in [0.1, 0.15) is 5.65 Å². The van der Waals surface area contributed by atoms with Crippen LogP contribution in [0.1, 0.15) is 24.4 Å². The van der Waals surface area contributed by atoms with Crippen LogP contribution in [0, 0.1) is 0 Å². The van der Waals surface area contributed by atoms with Crippen LogP contribution in [0.25, 0.3) is 11.0 Å². The van der Waals surface area contributed by atoms with E-state index in [1.807, 2.05) is 6.07 Å². The molecule has 0 unspecified atom stereocenters. The number of aromatic nitrogens is 2. The maximum atomic E-state index is 5.74. The van der Waals surface area contributed by atoms with E-state index in [-0.39, 0.29) is 0 Å². The molecule has 0 bridgehead atoms. The Labute approximate surface area is 87.9 Å². The molecule has 1 aliphatic rings. The number of hydrogen-bond acceptors (Lipinski definition) is 3. The minimum absolute atomic E-state index is 0.543. The van der Waals surface area contributed by atoms with Crippen LogP contribution in [0.5, 0.6) is 0 Å². The third kappa shape index (κ3) is 1.29. The number of pyridine rings is 1. The number of nitrogen functional groups attached to an aromatic ring is 1. The molecule has 78 valence electrons. The van der Waals surface area contributed by atoms with Gasteiger partial charge in [-0.25, -0.2) is 4.98 Å². The van der Waals surface area contributed by atoms with Gasteiger partial charge >= 0.3 is 0 Å². The fourth-order valence-electron chi connectivity index (χ4n) is 2.01. The second-order valence-corrected chi connectivity index (χ2v) is 4.14. The third-order valence-electron chi connectivity index (χ3n) is 2.93. The topological polar surface area (TPSA) is 69.9 Å². The molecule has 4 nitrogen and oxygen atoms in total. The minimum Gasteiger partial charge on any atom is -0.397 e. The van der Waals surface area contributed by atoms with E-state index in [1.165, 1.54) is 12.8 Å². The van der Waals surface area contributed by atoms with E-state index in [9.17, 15) is 0 Å². The Morgan fingerprint density at radius 3 is 2.93 bits per heavy atom. The average Bonchev–Trinajstić information content (AvgIpc) is 3.01. The van der Waals surface area contributed by atoms with Crippen LogP contribution in [0.15, 0.2) is 18.5 Å². The molecule has 2 heterocycles. The van der Waals surface area contributed by atoms with Crippen molar-refractivity contribution in [2.45, 2.75) is 25.4 Å². The molecule has 1 fully saturated rings. The molecule has 0 spiro atoms. The fraction of sp³-hybridized carbons (Fsp3) is 0.364. The Hall–Kier alpha value is -1.55. The molecule has 1 saturated carbocycles. The van der Waals surface area contributed by atoms with Crippen LogP contribution < -0.4 is 11.5 Å². The Kier molecular flexibility index (Phi) is 1.73. The first-order chi connectivity index (χ1) is 7.29. The lowest BCUT2D eigenvalue weighted by atomic mass is 10.2. The SMILES string of the molecule is NCc1cn(C2CC2)c2ncc(N)cc12. The lowest BCUT2D eigenvalue weighted by molar-refractivity contribution is 0.762. The smallest absolute Gasteiger partial charge is 0.140 e. The molecule has 0 amide bonds. The van der Waals surface area contributed by atoms with Gasteiger partial charge in [-0.15, -0.1) is 0 Å². The first-order valence-corrected chi connectivity index (χ1v) is 5.24. The summed E-state index contributed by atoms with van der Waals surface area (Å²) in [5.41, 5.74) is 14.3. The van der Waals surface area contributed by atoms with Gasteiger partial charge in [0.25, 0.3) is 0 Å². The van der Waals surface area contributed by atoms with E-state index in [2.05, 4.69) is 15.7 Å². The molecular formula is C11H14N4. The highest BCUT2D eigenvalue weighted by atomic mass is 15.1. The second kappa shape index (κ2) is 2.97. The highest BCUT2D eigenvalue weighted by Gasteiger charge is 2.26. The van der Waals surface area contributed by atoms with Gasteiger partial charge in [0.2, 0.25) is 0 Å². The standard InChI is InChI=1S/C11H14N4/c12-4-7-6-15(9-1-2-9)11-10(7)3-8(13)5-14-11/h3,5-6,9H,1-2,4,12-13H2. The van der Waals surface area contributed by atoms with E-state index in [0.29, 0.717) is 18.3 Å². The number of fused-ring (bicyclic) bond motifs is 1. The maximum Gasteiger partial charge on any atom is 0.140 e. The predicted molar refractivity (Wildman–Crippen MR) is 60.3 cm³/mol. The normalized spacial score (nSPS) is 16.1. The van der Waals surface area contributed by atoms with Crippen molar-refractivity contribution in [3.05, 3.63) is 24.0 Å². The van der Waals surface area contributed by atoms with Gasteiger partial charge in [0.15, 0.2) is 0 Å². The molecule has 4 heteroatoms. The zero-order valence-corrected chi connectivity index (χ0v) is 8.48. The quantitative estimate of drug-likeness (QED) is 0.773. The van der Waals surface area contributed by atoms with Crippen molar-refractivity contribution in [3.8, 4) is 0 Å². The van der Waals surface area contributed by atoms with Gasteiger partial charge in [-0.1, -0.05) is 0 Å². The van der Waals surface area contributed by atoms with Crippen molar-refractivity contribution in [2.75, 3.05) is 5.73 Å². The van der Waals surface area contributed by atoms with Crippen LogP contribution in [0.4, 0.5) is 5.69 Å². The number of rotatable bonds is 2. The van der Waals surface area contributed by atoms with Crippen LogP contribution in [0.3, 0.4) is 0 Å². The number of nitrogens with two attached hydrogens (primary N) is 2. The van der Waals surface area contributed by atoms with Crippen molar-refractivity contribution in [1.29, 1.82) is 0 Å². The monoisotopic (exact) mass is 202 g/mol. The molecule has 3 rings (SSSR count). The van der Waals surface area contributed by atoms with Gasteiger partial charge in [0.05, 0.1) is 11.9 Å². The highest BCUT2D eigenvalue weighted by Crippen LogP contribution is 2.38. The lowest BCUT2D eigenvalue weighted by Gasteiger charge is -2.00. The van der Waals surface area contributed by atoms with Crippen LogP contribution in [-0.4, -0.2) is 9.55 Å². The minimum atomic E-state index is 0.543. The summed E-state index contributed by atoms with van der Waals surface area (Å²) < 4.78 is 2.23. The summed E-state index contributed by atoms with van der Waals surface area (Å²) in [4.78, 5) is 4.39. The molecule has 0 atom stereocenters. The van der Waals surface area contributed by atoms with Gasteiger partial charge < -0.3 is 16.0 Å². The zero-order valence-electron chi connectivity index (χ0n) is 8.48. The summed E-state index contributed by atoms with van der Waals surface area (Å²) in [5.74, 6) is 0. The van der Waals surface area contributed by atoms with Crippen molar-refractivity contribution >= 4 is 16.7 Å². The van der Waals surface area contributed by atoms with Crippen LogP contribution in [-0.2, 0) is 6.54 Å². The highest BCUT2D eigenvalue weighted by molar-refractivity contribution is 5.83. The van der Waals surface area contributed by atoms with Gasteiger partial charge in [-0.05, 0) is 24.5 Å². The Morgan fingerprint density at radius 1 is 1.47 bits per heavy atom. The van der Waals surface area contributed by atoms with Crippen molar-refractivity contribution < 1.29 is 0 Å². The molecule has 4 N–H and O–H groups in total. The Morgan fingerprint density at radius 2 is 2.27 bits per heavy atom. The first-order valence-electron chi connectivity index (χ1n) is 5.24. The van der Waals surface area contributed by atoms with E-state index in [0.717, 1.165) is 16.6 Å². The molecule has 2 aromatic rings.